The number of aromatic nitrogens is 4. The molecule has 0 fully saturated rings. The molecule has 110 valence electrons. The number of tetrazole rings is 1. The van der Waals surface area contributed by atoms with Crippen molar-refractivity contribution in [2.45, 2.75) is 0 Å². The van der Waals surface area contributed by atoms with Crippen LogP contribution < -0.4 is 5.32 Å². The average molecular weight is 334 g/mol. The van der Waals surface area contributed by atoms with Gasteiger partial charge in [0.05, 0.1) is 16.3 Å². The Bertz CT molecular complexity index is 820. The van der Waals surface area contributed by atoms with Crippen LogP contribution in [0.25, 0.3) is 11.4 Å². The fraction of sp³-hybridized carbons (Fsp3) is 0. The minimum atomic E-state index is -0.346. The molecule has 2 aromatic carbocycles. The van der Waals surface area contributed by atoms with Crippen molar-refractivity contribution in [3.8, 4) is 11.4 Å². The quantitative estimate of drug-likeness (QED) is 0.769. The van der Waals surface area contributed by atoms with Crippen molar-refractivity contribution >= 4 is 34.8 Å². The lowest BCUT2D eigenvalue weighted by atomic mass is 10.1. The molecule has 0 radical (unpaired) electrons. The van der Waals surface area contributed by atoms with Gasteiger partial charge in [0.25, 0.3) is 5.91 Å². The Kier molecular flexibility index (Phi) is 4.04. The van der Waals surface area contributed by atoms with Crippen LogP contribution in [0.1, 0.15) is 10.4 Å². The van der Waals surface area contributed by atoms with Crippen molar-refractivity contribution in [2.75, 3.05) is 5.32 Å². The molecule has 1 amide bonds. The van der Waals surface area contributed by atoms with Crippen LogP contribution in [0.4, 0.5) is 5.69 Å². The number of hydrogen-bond donors (Lipinski definition) is 2. The van der Waals surface area contributed by atoms with Gasteiger partial charge in [0, 0.05) is 10.6 Å². The predicted molar refractivity (Wildman–Crippen MR) is 84.0 cm³/mol. The van der Waals surface area contributed by atoms with E-state index in [4.69, 9.17) is 23.2 Å². The third kappa shape index (κ3) is 2.93. The molecule has 8 heteroatoms. The van der Waals surface area contributed by atoms with E-state index >= 15 is 0 Å². The number of amides is 1. The largest absolute Gasteiger partial charge is 0.321 e. The second kappa shape index (κ2) is 6.13. The smallest absolute Gasteiger partial charge is 0.257 e. The highest BCUT2D eigenvalue weighted by Gasteiger charge is 2.15. The zero-order valence-corrected chi connectivity index (χ0v) is 12.6. The molecule has 0 unspecified atom stereocenters. The second-order valence-electron chi connectivity index (χ2n) is 4.37. The fourth-order valence-electron chi connectivity index (χ4n) is 1.93. The minimum absolute atomic E-state index is 0.346. The lowest BCUT2D eigenvalue weighted by Crippen LogP contribution is -2.13. The van der Waals surface area contributed by atoms with Gasteiger partial charge in [-0.05, 0) is 40.8 Å². The number of carbonyl (C=O) groups excluding carboxylic acids is 1. The number of halogens is 2. The Morgan fingerprint density at radius 2 is 1.95 bits per heavy atom. The van der Waals surface area contributed by atoms with E-state index in [1.165, 1.54) is 0 Å². The molecule has 2 N–H and O–H groups in total. The van der Waals surface area contributed by atoms with Crippen molar-refractivity contribution in [1.82, 2.24) is 20.6 Å². The number of nitrogens with zero attached hydrogens (tertiary/aromatic N) is 3. The van der Waals surface area contributed by atoms with E-state index in [0.717, 1.165) is 0 Å². The number of carbonyl (C=O) groups is 1. The molecule has 0 aliphatic rings. The van der Waals surface area contributed by atoms with Crippen LogP contribution >= 0.6 is 23.2 Å². The lowest BCUT2D eigenvalue weighted by molar-refractivity contribution is 0.102. The van der Waals surface area contributed by atoms with E-state index < -0.39 is 0 Å². The first-order valence-corrected chi connectivity index (χ1v) is 7.00. The molecule has 0 saturated carbocycles. The summed E-state index contributed by atoms with van der Waals surface area (Å²) in [6.07, 6.45) is 0. The molecule has 0 atom stereocenters. The normalized spacial score (nSPS) is 10.5. The van der Waals surface area contributed by atoms with Crippen molar-refractivity contribution in [2.24, 2.45) is 0 Å². The summed E-state index contributed by atoms with van der Waals surface area (Å²) in [7, 11) is 0. The third-order valence-corrected chi connectivity index (χ3v) is 3.51. The van der Waals surface area contributed by atoms with Gasteiger partial charge >= 0.3 is 0 Å². The Morgan fingerprint density at radius 1 is 1.14 bits per heavy atom. The van der Waals surface area contributed by atoms with Crippen LogP contribution in [0.3, 0.4) is 0 Å². The van der Waals surface area contributed by atoms with E-state index in [-0.39, 0.29) is 5.91 Å². The van der Waals surface area contributed by atoms with Crippen molar-refractivity contribution < 1.29 is 4.79 Å². The van der Waals surface area contributed by atoms with Crippen LogP contribution in [0.5, 0.6) is 0 Å². The SMILES string of the molecule is O=C(Nc1cc(Cl)ccc1-c1nnn[nH]1)c1ccccc1Cl. The van der Waals surface area contributed by atoms with Crippen LogP contribution in [-0.4, -0.2) is 26.5 Å². The summed E-state index contributed by atoms with van der Waals surface area (Å²) < 4.78 is 0. The average Bonchev–Trinajstić information content (AvgIpc) is 3.02. The zero-order chi connectivity index (χ0) is 15.5. The third-order valence-electron chi connectivity index (χ3n) is 2.95. The number of rotatable bonds is 3. The topological polar surface area (TPSA) is 83.6 Å². The highest BCUT2D eigenvalue weighted by atomic mass is 35.5. The van der Waals surface area contributed by atoms with Gasteiger partial charge < -0.3 is 5.32 Å². The molecule has 0 spiro atoms. The zero-order valence-electron chi connectivity index (χ0n) is 11.0. The fourth-order valence-corrected chi connectivity index (χ4v) is 2.33. The first-order valence-electron chi connectivity index (χ1n) is 6.24. The monoisotopic (exact) mass is 333 g/mol. The summed E-state index contributed by atoms with van der Waals surface area (Å²) >= 11 is 12.0. The Labute approximate surface area is 135 Å². The molecule has 0 saturated heterocycles. The molecule has 0 aliphatic heterocycles. The standard InChI is InChI=1S/C14H9Cl2N5O/c15-8-5-6-10(13-18-20-21-19-13)12(7-8)17-14(22)9-3-1-2-4-11(9)16/h1-7H,(H,17,22)(H,18,19,20,21). The van der Waals surface area contributed by atoms with Gasteiger partial charge in [0.15, 0.2) is 5.82 Å². The number of H-pyrrole nitrogens is 1. The van der Waals surface area contributed by atoms with Crippen molar-refractivity contribution in [1.29, 1.82) is 0 Å². The Morgan fingerprint density at radius 3 is 2.68 bits per heavy atom. The number of nitrogens with one attached hydrogen (secondary N) is 2. The number of benzene rings is 2. The summed E-state index contributed by atoms with van der Waals surface area (Å²) in [4.78, 5) is 12.4. The summed E-state index contributed by atoms with van der Waals surface area (Å²) in [5.74, 6) is 0.0766. The molecular formula is C14H9Cl2N5O. The number of anilines is 1. The molecule has 0 aliphatic carbocycles. The van der Waals surface area contributed by atoms with Crippen LogP contribution in [-0.2, 0) is 0 Å². The molecule has 0 bridgehead atoms. The molecule has 22 heavy (non-hydrogen) atoms. The Hall–Kier alpha value is -2.44. The van der Waals surface area contributed by atoms with Gasteiger partial charge in [0.1, 0.15) is 0 Å². The second-order valence-corrected chi connectivity index (χ2v) is 5.22. The van der Waals surface area contributed by atoms with Crippen LogP contribution in [0.2, 0.25) is 10.0 Å². The van der Waals surface area contributed by atoms with Gasteiger partial charge in [0.2, 0.25) is 0 Å². The number of hydrogen-bond acceptors (Lipinski definition) is 4. The van der Waals surface area contributed by atoms with Crippen LogP contribution in [0, 0.1) is 0 Å². The van der Waals surface area contributed by atoms with Gasteiger partial charge in [-0.1, -0.05) is 35.3 Å². The van der Waals surface area contributed by atoms with Gasteiger partial charge in [-0.25, -0.2) is 5.10 Å². The minimum Gasteiger partial charge on any atom is -0.321 e. The lowest BCUT2D eigenvalue weighted by Gasteiger charge is -2.10. The maximum atomic E-state index is 12.4. The summed E-state index contributed by atoms with van der Waals surface area (Å²) in [6, 6.07) is 11.8. The summed E-state index contributed by atoms with van der Waals surface area (Å²) in [5, 5.41) is 17.2. The summed E-state index contributed by atoms with van der Waals surface area (Å²) in [6.45, 7) is 0. The molecular weight excluding hydrogens is 325 g/mol. The van der Waals surface area contributed by atoms with E-state index in [9.17, 15) is 4.79 Å². The molecule has 1 aromatic heterocycles. The van der Waals surface area contributed by atoms with E-state index in [1.54, 1.807) is 42.5 Å². The highest BCUT2D eigenvalue weighted by molar-refractivity contribution is 6.34. The van der Waals surface area contributed by atoms with Crippen molar-refractivity contribution in [3.05, 3.63) is 58.1 Å². The molecule has 1 heterocycles. The first kappa shape index (κ1) is 14.5. The van der Waals surface area contributed by atoms with Crippen LogP contribution in [0.15, 0.2) is 42.5 Å². The van der Waals surface area contributed by atoms with Gasteiger partial charge in [-0.15, -0.1) is 5.10 Å². The molecule has 3 rings (SSSR count). The first-order chi connectivity index (χ1) is 10.6. The van der Waals surface area contributed by atoms with Gasteiger partial charge in [-0.2, -0.15) is 0 Å². The van der Waals surface area contributed by atoms with E-state index in [1.807, 2.05) is 0 Å². The van der Waals surface area contributed by atoms with Gasteiger partial charge in [-0.3, -0.25) is 4.79 Å². The van der Waals surface area contributed by atoms with Crippen molar-refractivity contribution in [3.63, 3.8) is 0 Å². The van der Waals surface area contributed by atoms with E-state index in [0.29, 0.717) is 32.7 Å². The summed E-state index contributed by atoms with van der Waals surface area (Å²) in [5.41, 5.74) is 1.47. The number of aromatic amines is 1. The maximum Gasteiger partial charge on any atom is 0.257 e. The predicted octanol–water partition coefficient (Wildman–Crippen LogP) is 3.43. The highest BCUT2D eigenvalue weighted by Crippen LogP contribution is 2.28. The Balaban J connectivity index is 1.97. The molecule has 3 aromatic rings. The van der Waals surface area contributed by atoms with E-state index in [2.05, 4.69) is 25.9 Å². The molecule has 6 nitrogen and oxygen atoms in total. The maximum absolute atomic E-state index is 12.4.